The summed E-state index contributed by atoms with van der Waals surface area (Å²) >= 11 is 0. The molecular weight excluding hydrogens is 263 g/mol. The third-order valence-corrected chi connectivity index (χ3v) is 4.82. The first kappa shape index (κ1) is 15.4. The Morgan fingerprint density at radius 2 is 1.60 bits per heavy atom. The van der Waals surface area contributed by atoms with E-state index in [0.29, 0.717) is 6.42 Å². The van der Waals surface area contributed by atoms with Gasteiger partial charge in [-0.1, -0.05) is 38.8 Å². The molecule has 1 saturated carbocycles. The van der Waals surface area contributed by atoms with Gasteiger partial charge in [-0.2, -0.15) is 13.2 Å². The normalized spacial score (nSPS) is 26.5. The minimum atomic E-state index is -4.27. The molecule has 1 fully saturated rings. The first-order chi connectivity index (χ1) is 9.14. The Morgan fingerprint density at radius 1 is 1.05 bits per heavy atom. The van der Waals surface area contributed by atoms with E-state index in [4.69, 9.17) is 5.73 Å². The molecule has 0 bridgehead atoms. The van der Waals surface area contributed by atoms with Crippen molar-refractivity contribution in [2.75, 3.05) is 0 Å². The molecule has 1 atom stereocenters. The summed E-state index contributed by atoms with van der Waals surface area (Å²) in [6.07, 6.45) is 0.645. The first-order valence-electron chi connectivity index (χ1n) is 7.09. The highest BCUT2D eigenvalue weighted by Gasteiger charge is 2.43. The van der Waals surface area contributed by atoms with E-state index in [9.17, 15) is 13.2 Å². The van der Waals surface area contributed by atoms with Crippen LogP contribution in [0, 0.1) is 5.41 Å². The van der Waals surface area contributed by atoms with Gasteiger partial charge >= 0.3 is 6.18 Å². The fourth-order valence-electron chi connectivity index (χ4n) is 3.10. The number of benzene rings is 1. The number of hydrogen-bond acceptors (Lipinski definition) is 1. The average molecular weight is 285 g/mol. The highest BCUT2D eigenvalue weighted by molar-refractivity contribution is 5.26. The van der Waals surface area contributed by atoms with Gasteiger partial charge in [0.1, 0.15) is 0 Å². The van der Waals surface area contributed by atoms with Gasteiger partial charge in [-0.05, 0) is 42.4 Å². The Hall–Kier alpha value is -1.03. The van der Waals surface area contributed by atoms with E-state index in [0.717, 1.165) is 37.0 Å². The van der Waals surface area contributed by atoms with Crippen molar-refractivity contribution in [2.24, 2.45) is 11.1 Å². The fraction of sp³-hybridized carbons (Fsp3) is 0.625. The molecule has 112 valence electrons. The zero-order valence-electron chi connectivity index (χ0n) is 12.1. The van der Waals surface area contributed by atoms with Crippen LogP contribution in [0.15, 0.2) is 24.3 Å². The van der Waals surface area contributed by atoms with Crippen LogP contribution >= 0.6 is 0 Å². The van der Waals surface area contributed by atoms with E-state index in [1.54, 1.807) is 12.1 Å². The predicted octanol–water partition coefficient (Wildman–Crippen LogP) is 4.55. The zero-order chi connectivity index (χ0) is 15.0. The van der Waals surface area contributed by atoms with Crippen LogP contribution in [0.2, 0.25) is 0 Å². The second-order valence-corrected chi connectivity index (χ2v) is 6.62. The van der Waals surface area contributed by atoms with Crippen LogP contribution in [0.4, 0.5) is 13.2 Å². The smallest absolute Gasteiger partial charge is 0.324 e. The van der Waals surface area contributed by atoms with E-state index in [1.165, 1.54) is 6.42 Å². The van der Waals surface area contributed by atoms with Crippen LogP contribution in [-0.2, 0) is 12.6 Å². The quantitative estimate of drug-likeness (QED) is 0.848. The van der Waals surface area contributed by atoms with Gasteiger partial charge < -0.3 is 5.73 Å². The molecule has 2 rings (SSSR count). The zero-order valence-corrected chi connectivity index (χ0v) is 12.1. The summed E-state index contributed by atoms with van der Waals surface area (Å²) in [7, 11) is 0. The molecule has 1 aromatic carbocycles. The van der Waals surface area contributed by atoms with Gasteiger partial charge in [0.15, 0.2) is 0 Å². The lowest BCUT2D eigenvalue weighted by Gasteiger charge is -2.48. The van der Waals surface area contributed by atoms with Crippen molar-refractivity contribution in [2.45, 2.75) is 57.7 Å². The second kappa shape index (κ2) is 5.06. The Bertz CT molecular complexity index is 462. The van der Waals surface area contributed by atoms with Crippen LogP contribution in [0.5, 0.6) is 0 Å². The van der Waals surface area contributed by atoms with E-state index in [1.807, 2.05) is 0 Å². The predicted molar refractivity (Wildman–Crippen MR) is 74.3 cm³/mol. The molecule has 0 aliphatic heterocycles. The molecule has 4 heteroatoms. The van der Waals surface area contributed by atoms with Crippen LogP contribution in [0.25, 0.3) is 0 Å². The van der Waals surface area contributed by atoms with Crippen molar-refractivity contribution in [3.8, 4) is 0 Å². The van der Waals surface area contributed by atoms with E-state index in [2.05, 4.69) is 13.8 Å². The number of alkyl halides is 3. The summed E-state index contributed by atoms with van der Waals surface area (Å²) in [5.74, 6) is 0. The molecule has 0 aromatic heterocycles. The van der Waals surface area contributed by atoms with Gasteiger partial charge in [-0.3, -0.25) is 0 Å². The second-order valence-electron chi connectivity index (χ2n) is 6.62. The van der Waals surface area contributed by atoms with Gasteiger partial charge in [-0.15, -0.1) is 0 Å². The molecule has 20 heavy (non-hydrogen) atoms. The van der Waals surface area contributed by atoms with Gasteiger partial charge in [0, 0.05) is 5.54 Å². The van der Waals surface area contributed by atoms with Crippen molar-refractivity contribution in [1.82, 2.24) is 0 Å². The Balaban J connectivity index is 2.17. The van der Waals surface area contributed by atoms with E-state index in [-0.39, 0.29) is 11.0 Å². The van der Waals surface area contributed by atoms with Crippen molar-refractivity contribution in [1.29, 1.82) is 0 Å². The number of halogens is 3. The third-order valence-electron chi connectivity index (χ3n) is 4.82. The number of hydrogen-bond donors (Lipinski definition) is 1. The monoisotopic (exact) mass is 285 g/mol. The minimum absolute atomic E-state index is 0.0218. The lowest BCUT2D eigenvalue weighted by Crippen LogP contribution is -2.56. The molecule has 0 heterocycles. The maximum Gasteiger partial charge on any atom is 0.416 e. The molecule has 1 aliphatic carbocycles. The number of rotatable bonds is 2. The topological polar surface area (TPSA) is 26.0 Å². The lowest BCUT2D eigenvalue weighted by molar-refractivity contribution is -0.137. The average Bonchev–Trinajstić information content (AvgIpc) is 2.33. The summed E-state index contributed by atoms with van der Waals surface area (Å²) in [5.41, 5.74) is 6.55. The standard InChI is InChI=1S/C16H22F3N/c1-14(2)9-3-4-10-15(14,20)11-12-5-7-13(8-6-12)16(17,18)19/h5-8H,3-4,9-11,20H2,1-2H3. The summed E-state index contributed by atoms with van der Waals surface area (Å²) in [6, 6.07) is 5.41. The molecule has 2 N–H and O–H groups in total. The van der Waals surface area contributed by atoms with Gasteiger partial charge in [0.05, 0.1) is 5.56 Å². The summed E-state index contributed by atoms with van der Waals surface area (Å²) < 4.78 is 37.7. The van der Waals surface area contributed by atoms with Crippen LogP contribution in [0.3, 0.4) is 0 Å². The Kier molecular flexibility index (Phi) is 3.89. The van der Waals surface area contributed by atoms with Crippen molar-refractivity contribution in [3.05, 3.63) is 35.4 Å². The van der Waals surface area contributed by atoms with Crippen molar-refractivity contribution < 1.29 is 13.2 Å². The third kappa shape index (κ3) is 3.00. The minimum Gasteiger partial charge on any atom is -0.324 e. The number of nitrogens with two attached hydrogens (primary N) is 1. The summed E-state index contributed by atoms with van der Waals surface area (Å²) in [4.78, 5) is 0. The first-order valence-corrected chi connectivity index (χ1v) is 7.09. The summed E-state index contributed by atoms with van der Waals surface area (Å²) in [6.45, 7) is 4.33. The van der Waals surface area contributed by atoms with Crippen LogP contribution in [-0.4, -0.2) is 5.54 Å². The molecule has 0 amide bonds. The maximum atomic E-state index is 12.6. The summed E-state index contributed by atoms with van der Waals surface area (Å²) in [5, 5.41) is 0. The SMILES string of the molecule is CC1(C)CCCCC1(N)Cc1ccc(C(F)(F)F)cc1. The van der Waals surface area contributed by atoms with Crippen molar-refractivity contribution in [3.63, 3.8) is 0 Å². The molecule has 1 unspecified atom stereocenters. The Morgan fingerprint density at radius 3 is 2.10 bits per heavy atom. The molecule has 0 saturated heterocycles. The molecular formula is C16H22F3N. The van der Waals surface area contributed by atoms with E-state index < -0.39 is 11.7 Å². The van der Waals surface area contributed by atoms with Crippen LogP contribution < -0.4 is 5.73 Å². The molecule has 1 aromatic rings. The molecule has 0 radical (unpaired) electrons. The van der Waals surface area contributed by atoms with Crippen LogP contribution in [0.1, 0.15) is 50.7 Å². The van der Waals surface area contributed by atoms with Gasteiger partial charge in [0.25, 0.3) is 0 Å². The lowest BCUT2D eigenvalue weighted by atomic mass is 9.61. The largest absolute Gasteiger partial charge is 0.416 e. The highest BCUT2D eigenvalue weighted by Crippen LogP contribution is 2.44. The van der Waals surface area contributed by atoms with E-state index >= 15 is 0 Å². The molecule has 0 spiro atoms. The Labute approximate surface area is 118 Å². The molecule has 1 nitrogen and oxygen atoms in total. The molecule has 1 aliphatic rings. The van der Waals surface area contributed by atoms with Crippen molar-refractivity contribution >= 4 is 0 Å². The van der Waals surface area contributed by atoms with Gasteiger partial charge in [0.2, 0.25) is 0 Å². The fourth-order valence-corrected chi connectivity index (χ4v) is 3.10. The maximum absolute atomic E-state index is 12.6. The highest BCUT2D eigenvalue weighted by atomic mass is 19.4. The van der Waals surface area contributed by atoms with Gasteiger partial charge in [-0.25, -0.2) is 0 Å².